The van der Waals surface area contributed by atoms with Gasteiger partial charge in [-0.1, -0.05) is 18.2 Å². The summed E-state index contributed by atoms with van der Waals surface area (Å²) >= 11 is 0. The molecule has 2 aromatic rings. The molecule has 7 nitrogen and oxygen atoms in total. The first-order valence-corrected chi connectivity index (χ1v) is 10.4. The Morgan fingerprint density at radius 1 is 1.11 bits per heavy atom. The maximum absolute atomic E-state index is 12.8. The van der Waals surface area contributed by atoms with Crippen LogP contribution in [0.15, 0.2) is 52.0 Å². The fourth-order valence-electron chi connectivity index (χ4n) is 3.28. The number of furan rings is 1. The number of hydrogen-bond donors (Lipinski definition) is 1. The van der Waals surface area contributed by atoms with Crippen molar-refractivity contribution >= 4 is 21.7 Å². The zero-order valence-corrected chi connectivity index (χ0v) is 15.5. The van der Waals surface area contributed by atoms with E-state index < -0.39 is 15.8 Å². The van der Waals surface area contributed by atoms with Crippen LogP contribution in [0.5, 0.6) is 0 Å². The second-order valence-electron chi connectivity index (χ2n) is 6.68. The number of carboxylic acids is 1. The molecule has 2 heterocycles. The van der Waals surface area contributed by atoms with Crippen LogP contribution in [0.2, 0.25) is 0 Å². The van der Waals surface area contributed by atoms with Crippen LogP contribution < -0.4 is 0 Å². The Morgan fingerprint density at radius 3 is 2.41 bits per heavy atom. The number of likely N-dealkylation sites (tertiary alicyclic amines) is 1. The highest BCUT2D eigenvalue weighted by Crippen LogP contribution is 2.25. The lowest BCUT2D eigenvalue weighted by molar-refractivity contribution is -0.138. The van der Waals surface area contributed by atoms with Gasteiger partial charge < -0.3 is 14.4 Å². The van der Waals surface area contributed by atoms with Crippen molar-refractivity contribution in [1.29, 1.82) is 0 Å². The smallest absolute Gasteiger partial charge is 0.303 e. The van der Waals surface area contributed by atoms with Crippen molar-refractivity contribution in [2.24, 2.45) is 5.92 Å². The summed E-state index contributed by atoms with van der Waals surface area (Å²) in [6, 6.07) is 9.57. The van der Waals surface area contributed by atoms with Gasteiger partial charge in [0.25, 0.3) is 5.91 Å². The van der Waals surface area contributed by atoms with Gasteiger partial charge in [0.2, 0.25) is 0 Å². The van der Waals surface area contributed by atoms with Gasteiger partial charge in [-0.05, 0) is 37.0 Å². The Balaban J connectivity index is 1.70. The number of carbonyl (C=O) groups is 2. The molecule has 3 rings (SSSR count). The molecule has 1 fully saturated rings. The normalized spacial score (nSPS) is 15.6. The Labute approximate surface area is 157 Å². The number of sulfone groups is 1. The van der Waals surface area contributed by atoms with E-state index in [1.165, 1.54) is 24.5 Å². The second-order valence-corrected chi connectivity index (χ2v) is 8.67. The quantitative estimate of drug-likeness (QED) is 0.811. The molecule has 0 radical (unpaired) electrons. The molecule has 0 saturated carbocycles. The van der Waals surface area contributed by atoms with Gasteiger partial charge in [-0.2, -0.15) is 0 Å². The van der Waals surface area contributed by atoms with Gasteiger partial charge in [0.05, 0.1) is 16.9 Å². The third-order valence-corrected chi connectivity index (χ3v) is 6.44. The van der Waals surface area contributed by atoms with Crippen molar-refractivity contribution in [2.45, 2.75) is 29.9 Å². The predicted octanol–water partition coefficient (Wildman–Crippen LogP) is 2.58. The minimum atomic E-state index is -3.59. The van der Waals surface area contributed by atoms with E-state index in [-0.39, 0.29) is 34.7 Å². The number of amides is 1. The van der Waals surface area contributed by atoms with E-state index in [9.17, 15) is 18.0 Å². The fraction of sp³-hybridized carbons (Fsp3) is 0.368. The highest BCUT2D eigenvalue weighted by atomic mass is 32.2. The van der Waals surface area contributed by atoms with E-state index in [4.69, 9.17) is 9.52 Å². The molecule has 1 aromatic carbocycles. The largest absolute Gasteiger partial charge is 0.481 e. The van der Waals surface area contributed by atoms with Crippen molar-refractivity contribution < 1.29 is 27.5 Å². The summed E-state index contributed by atoms with van der Waals surface area (Å²) in [6.45, 7) is 0.866. The molecular formula is C19H21NO6S. The molecule has 27 heavy (non-hydrogen) atoms. The van der Waals surface area contributed by atoms with Gasteiger partial charge >= 0.3 is 5.97 Å². The lowest BCUT2D eigenvalue weighted by Crippen LogP contribution is -2.39. The molecule has 1 saturated heterocycles. The first-order chi connectivity index (χ1) is 12.9. The van der Waals surface area contributed by atoms with Crippen LogP contribution in [0.4, 0.5) is 0 Å². The number of carbonyl (C=O) groups excluding carboxylic acids is 1. The first kappa shape index (κ1) is 19.2. The standard InChI is InChI=1S/C19H21NO6S/c21-17(22)12-14-6-9-20(10-7-14)19(23)18-15(8-11-26-18)13-27(24,25)16-4-2-1-3-5-16/h1-5,8,11,14H,6-7,9-10,12-13H2,(H,21,22). The van der Waals surface area contributed by atoms with E-state index in [0.717, 1.165) is 0 Å². The molecule has 1 amide bonds. The SMILES string of the molecule is O=C(O)CC1CCN(C(=O)c2occc2CS(=O)(=O)c2ccccc2)CC1. The highest BCUT2D eigenvalue weighted by molar-refractivity contribution is 7.90. The summed E-state index contributed by atoms with van der Waals surface area (Å²) in [6.07, 6.45) is 2.64. The Bertz CT molecular complexity index is 911. The number of nitrogens with zero attached hydrogens (tertiary/aromatic N) is 1. The van der Waals surface area contributed by atoms with Crippen molar-refractivity contribution in [3.05, 3.63) is 54.0 Å². The predicted molar refractivity (Wildman–Crippen MR) is 96.9 cm³/mol. The number of hydrogen-bond acceptors (Lipinski definition) is 5. The van der Waals surface area contributed by atoms with E-state index >= 15 is 0 Å². The summed E-state index contributed by atoms with van der Waals surface area (Å²) < 4.78 is 30.5. The molecule has 0 atom stereocenters. The molecular weight excluding hydrogens is 370 g/mol. The monoisotopic (exact) mass is 391 g/mol. The number of carboxylic acid groups (broad SMARTS) is 1. The zero-order valence-electron chi connectivity index (χ0n) is 14.7. The molecule has 0 unspecified atom stereocenters. The second kappa shape index (κ2) is 7.96. The average molecular weight is 391 g/mol. The Hall–Kier alpha value is -2.61. The van der Waals surface area contributed by atoms with Crippen LogP contribution in [0, 0.1) is 5.92 Å². The number of piperidine rings is 1. The van der Waals surface area contributed by atoms with Crippen LogP contribution >= 0.6 is 0 Å². The highest BCUT2D eigenvalue weighted by Gasteiger charge is 2.29. The maximum Gasteiger partial charge on any atom is 0.303 e. The molecule has 144 valence electrons. The van der Waals surface area contributed by atoms with E-state index in [1.807, 2.05) is 0 Å². The first-order valence-electron chi connectivity index (χ1n) is 8.72. The summed E-state index contributed by atoms with van der Waals surface area (Å²) in [4.78, 5) is 25.4. The minimum Gasteiger partial charge on any atom is -0.481 e. The fourth-order valence-corrected chi connectivity index (χ4v) is 4.66. The van der Waals surface area contributed by atoms with Crippen LogP contribution in [-0.2, 0) is 20.4 Å². The van der Waals surface area contributed by atoms with E-state index in [1.54, 1.807) is 23.1 Å². The van der Waals surface area contributed by atoms with E-state index in [0.29, 0.717) is 31.5 Å². The molecule has 1 aromatic heterocycles. The van der Waals surface area contributed by atoms with Crippen LogP contribution in [-0.4, -0.2) is 43.4 Å². The Kier molecular flexibility index (Phi) is 5.65. The third kappa shape index (κ3) is 4.57. The maximum atomic E-state index is 12.8. The molecule has 1 aliphatic heterocycles. The molecule has 8 heteroatoms. The average Bonchev–Trinajstić information content (AvgIpc) is 3.09. The number of rotatable bonds is 6. The summed E-state index contributed by atoms with van der Waals surface area (Å²) in [7, 11) is -3.59. The van der Waals surface area contributed by atoms with Crippen molar-refractivity contribution in [2.75, 3.05) is 13.1 Å². The van der Waals surface area contributed by atoms with Gasteiger partial charge in [-0.3, -0.25) is 9.59 Å². The van der Waals surface area contributed by atoms with Crippen molar-refractivity contribution in [1.82, 2.24) is 4.90 Å². The third-order valence-electron chi connectivity index (χ3n) is 4.75. The van der Waals surface area contributed by atoms with Crippen LogP contribution in [0.3, 0.4) is 0 Å². The summed E-state index contributed by atoms with van der Waals surface area (Å²) in [5.74, 6) is -1.41. The lowest BCUT2D eigenvalue weighted by atomic mass is 9.93. The van der Waals surface area contributed by atoms with Gasteiger partial charge in [-0.15, -0.1) is 0 Å². The van der Waals surface area contributed by atoms with Crippen molar-refractivity contribution in [3.8, 4) is 0 Å². The van der Waals surface area contributed by atoms with Gasteiger partial charge in [-0.25, -0.2) is 8.42 Å². The molecule has 0 bridgehead atoms. The van der Waals surface area contributed by atoms with Gasteiger partial charge in [0.15, 0.2) is 15.6 Å². The molecule has 0 aliphatic carbocycles. The molecule has 1 N–H and O–H groups in total. The van der Waals surface area contributed by atoms with Gasteiger partial charge in [0.1, 0.15) is 0 Å². The topological polar surface area (TPSA) is 105 Å². The zero-order chi connectivity index (χ0) is 19.4. The van der Waals surface area contributed by atoms with E-state index in [2.05, 4.69) is 0 Å². The number of aliphatic carboxylic acids is 1. The minimum absolute atomic E-state index is 0.0335. The van der Waals surface area contributed by atoms with Gasteiger partial charge in [0, 0.05) is 25.1 Å². The molecule has 0 spiro atoms. The molecule has 1 aliphatic rings. The summed E-state index contributed by atoms with van der Waals surface area (Å²) in [5.41, 5.74) is 0.330. The summed E-state index contributed by atoms with van der Waals surface area (Å²) in [5, 5.41) is 8.88. The van der Waals surface area contributed by atoms with Crippen molar-refractivity contribution in [3.63, 3.8) is 0 Å². The number of benzene rings is 1. The van der Waals surface area contributed by atoms with Crippen LogP contribution in [0.1, 0.15) is 35.4 Å². The Morgan fingerprint density at radius 2 is 1.78 bits per heavy atom. The lowest BCUT2D eigenvalue weighted by Gasteiger charge is -2.31. The van der Waals surface area contributed by atoms with Crippen LogP contribution in [0.25, 0.3) is 0 Å².